The van der Waals surface area contributed by atoms with Crippen LogP contribution in [0.4, 0.5) is 5.82 Å². The van der Waals surface area contributed by atoms with E-state index in [1.165, 1.54) is 32.9 Å². The van der Waals surface area contributed by atoms with E-state index < -0.39 is 113 Å². The van der Waals surface area contributed by atoms with Crippen LogP contribution in [0.2, 0.25) is 0 Å². The number of ether oxygens (including phenoxy) is 5. The number of pyridine rings is 1. The van der Waals surface area contributed by atoms with Gasteiger partial charge in [0, 0.05) is 63.1 Å². The van der Waals surface area contributed by atoms with E-state index in [1.807, 2.05) is 23.1 Å². The van der Waals surface area contributed by atoms with Crippen LogP contribution in [0.1, 0.15) is 79.8 Å². The van der Waals surface area contributed by atoms with Crippen molar-refractivity contribution < 1.29 is 67.8 Å². The number of hydrogen-bond donors (Lipinski definition) is 4. The lowest BCUT2D eigenvalue weighted by Crippen LogP contribution is -2.82. The normalized spacial score (nSPS) is 30.1. The summed E-state index contributed by atoms with van der Waals surface area (Å²) in [6.07, 6.45) is -9.00. The Labute approximate surface area is 428 Å². The van der Waals surface area contributed by atoms with Gasteiger partial charge in [-0.1, -0.05) is 86.6 Å². The molecular formula is C56H62N4O14. The Hall–Kier alpha value is -6.83. The standard InChI is InChI=1S/C56H62N4O14/c1-33-38(71-52(68)46(64)44(35-17-9-6-10-18-35)58-50(66)36-19-11-7-12-20-36)30-56(69)49(73-51(67)37-21-13-8-14-22-37)47-54(5,48(65)45(63)43(33)53(56,3)4)39(29-40-55(47,32-70-40)74-34(2)61)72-42(62)31-59-25-27-60(28-26-59)41-23-15-16-24-57-41/h6-24,38-40,44-47,49,63-64,69H,25-32H2,1-5H3,(H,58,66)/t38-,39-,40+,44-,45+,46+,47-,49-,54+,55-,56+/m0/s1. The van der Waals surface area contributed by atoms with Gasteiger partial charge in [-0.3, -0.25) is 24.1 Å². The zero-order valence-electron chi connectivity index (χ0n) is 41.9. The van der Waals surface area contributed by atoms with E-state index in [1.54, 1.807) is 98.9 Å². The molecule has 11 atom stereocenters. The third-order valence-electron chi connectivity index (χ3n) is 16.2. The molecule has 5 aliphatic rings. The molecule has 18 nitrogen and oxygen atoms in total. The second-order valence-corrected chi connectivity index (χ2v) is 20.7. The van der Waals surface area contributed by atoms with Crippen molar-refractivity contribution >= 4 is 41.4 Å². The number of esters is 4. The molecule has 2 saturated carbocycles. The maximum Gasteiger partial charge on any atom is 0.338 e. The zero-order valence-corrected chi connectivity index (χ0v) is 41.9. The predicted octanol–water partition coefficient (Wildman–Crippen LogP) is 3.93. The van der Waals surface area contributed by atoms with E-state index in [9.17, 15) is 39.3 Å². The highest BCUT2D eigenvalue weighted by Gasteiger charge is 2.78. The molecule has 2 bridgehead atoms. The van der Waals surface area contributed by atoms with Crippen LogP contribution in [-0.2, 0) is 42.9 Å². The van der Waals surface area contributed by atoms with E-state index in [0.717, 1.165) is 5.82 Å². The summed E-state index contributed by atoms with van der Waals surface area (Å²) in [4.78, 5) is 94.5. The van der Waals surface area contributed by atoms with Crippen molar-refractivity contribution in [1.29, 1.82) is 0 Å². The van der Waals surface area contributed by atoms with Crippen LogP contribution < -0.4 is 10.2 Å². The van der Waals surface area contributed by atoms with E-state index in [4.69, 9.17) is 23.7 Å². The van der Waals surface area contributed by atoms with Crippen LogP contribution >= 0.6 is 0 Å². The molecule has 4 N–H and O–H groups in total. The first-order valence-corrected chi connectivity index (χ1v) is 24.9. The number of hydrogen-bond acceptors (Lipinski definition) is 17. The molecular weight excluding hydrogens is 953 g/mol. The summed E-state index contributed by atoms with van der Waals surface area (Å²) >= 11 is 0. The third kappa shape index (κ3) is 9.27. The van der Waals surface area contributed by atoms with Gasteiger partial charge in [0.05, 0.1) is 36.1 Å². The maximum atomic E-state index is 15.9. The number of amides is 1. The topological polar surface area (TPSA) is 241 Å². The highest BCUT2D eigenvalue weighted by atomic mass is 16.6. The number of aliphatic hydroxyl groups is 3. The first kappa shape index (κ1) is 52.0. The van der Waals surface area contributed by atoms with Gasteiger partial charge in [-0.15, -0.1) is 0 Å². The summed E-state index contributed by atoms with van der Waals surface area (Å²) < 4.78 is 31.4. The molecule has 74 heavy (non-hydrogen) atoms. The molecule has 0 radical (unpaired) electrons. The van der Waals surface area contributed by atoms with E-state index in [0.29, 0.717) is 31.7 Å². The number of carbonyl (C=O) groups is 6. The summed E-state index contributed by atoms with van der Waals surface area (Å²) in [5.74, 6) is -5.95. The smallest absolute Gasteiger partial charge is 0.338 e. The molecule has 1 amide bonds. The number of aliphatic hydroxyl groups excluding tert-OH is 2. The average Bonchev–Trinajstić information content (AvgIpc) is 3.48. The van der Waals surface area contributed by atoms with Gasteiger partial charge >= 0.3 is 23.9 Å². The van der Waals surface area contributed by atoms with Gasteiger partial charge in [0.2, 0.25) is 0 Å². The molecule has 2 saturated heterocycles. The molecule has 3 aromatic carbocycles. The van der Waals surface area contributed by atoms with E-state index >= 15 is 4.79 Å². The van der Waals surface area contributed by atoms with Crippen LogP contribution in [0.25, 0.3) is 0 Å². The SMILES string of the molecule is CC(=O)O[C@@]12CO[C@@H]1C[C@H](OC(=O)CN1CCN(c3ccccn3)CC1)[C@@]1(C)C(=O)[C@H](O)C3=C(C)[C@@H](OC(=O)[C@H](O)[C@@H](NC(=O)c4ccccc4)c4ccccc4)C[C@@](O)([C@@H](OC(=O)c4ccccc4)[C@H]21)C3(C)C. The minimum Gasteiger partial charge on any atom is -0.460 e. The number of piperazine rings is 1. The largest absolute Gasteiger partial charge is 0.460 e. The maximum absolute atomic E-state index is 15.9. The van der Waals surface area contributed by atoms with Gasteiger partial charge in [-0.2, -0.15) is 0 Å². The van der Waals surface area contributed by atoms with Crippen molar-refractivity contribution in [3.8, 4) is 0 Å². The Morgan fingerprint density at radius 3 is 2.05 bits per heavy atom. The number of nitrogens with zero attached hydrogens (tertiary/aromatic N) is 3. The Morgan fingerprint density at radius 1 is 0.838 bits per heavy atom. The van der Waals surface area contributed by atoms with Crippen molar-refractivity contribution in [1.82, 2.24) is 15.2 Å². The number of nitrogens with one attached hydrogen (secondary N) is 1. The second-order valence-electron chi connectivity index (χ2n) is 20.7. The van der Waals surface area contributed by atoms with Crippen molar-refractivity contribution in [2.45, 2.75) is 101 Å². The molecule has 9 rings (SSSR count). The second kappa shape index (κ2) is 20.5. The minimum absolute atomic E-state index is 0.0623. The summed E-state index contributed by atoms with van der Waals surface area (Å²) in [7, 11) is 0. The first-order valence-electron chi connectivity index (χ1n) is 24.9. The minimum atomic E-state index is -2.43. The van der Waals surface area contributed by atoms with Crippen LogP contribution in [0.3, 0.4) is 0 Å². The third-order valence-corrected chi connectivity index (χ3v) is 16.2. The van der Waals surface area contributed by atoms with Gasteiger partial charge in [0.15, 0.2) is 17.5 Å². The summed E-state index contributed by atoms with van der Waals surface area (Å²) in [6, 6.07) is 28.7. The predicted molar refractivity (Wildman–Crippen MR) is 265 cm³/mol. The summed E-state index contributed by atoms with van der Waals surface area (Å²) in [6.45, 7) is 8.90. The number of benzene rings is 3. The lowest BCUT2D eigenvalue weighted by molar-refractivity contribution is -0.346. The lowest BCUT2D eigenvalue weighted by Gasteiger charge is -2.67. The number of carbonyl (C=O) groups excluding carboxylic acids is 6. The quantitative estimate of drug-likeness (QED) is 0.0843. The van der Waals surface area contributed by atoms with Crippen molar-refractivity contribution in [3.05, 3.63) is 143 Å². The fourth-order valence-electron chi connectivity index (χ4n) is 12.1. The van der Waals surface area contributed by atoms with Crippen molar-refractivity contribution in [2.75, 3.05) is 44.2 Å². The van der Waals surface area contributed by atoms with Gasteiger partial charge in [-0.05, 0) is 67.0 Å². The van der Waals surface area contributed by atoms with Crippen LogP contribution in [0.15, 0.2) is 127 Å². The zero-order chi connectivity index (χ0) is 52.7. The average molecular weight is 1020 g/mol. The molecule has 1 aromatic heterocycles. The molecule has 2 aliphatic heterocycles. The molecule has 3 heterocycles. The highest BCUT2D eigenvalue weighted by Crippen LogP contribution is 2.64. The fraction of sp³-hybridized carbons (Fsp3) is 0.446. The Morgan fingerprint density at radius 2 is 1.46 bits per heavy atom. The van der Waals surface area contributed by atoms with E-state index in [2.05, 4.69) is 15.2 Å². The molecule has 3 aliphatic carbocycles. The van der Waals surface area contributed by atoms with Gasteiger partial charge in [-0.25, -0.2) is 14.6 Å². The van der Waals surface area contributed by atoms with Gasteiger partial charge < -0.3 is 49.2 Å². The molecule has 0 unspecified atom stereocenters. The monoisotopic (exact) mass is 1010 g/mol. The number of aromatic nitrogens is 1. The molecule has 390 valence electrons. The Balaban J connectivity index is 1.11. The first-order chi connectivity index (χ1) is 35.3. The van der Waals surface area contributed by atoms with Crippen LogP contribution in [-0.4, -0.2) is 148 Å². The Bertz CT molecular complexity index is 2790. The van der Waals surface area contributed by atoms with Gasteiger partial charge in [0.1, 0.15) is 41.9 Å². The molecule has 18 heteroatoms. The number of anilines is 1. The number of fused-ring (bicyclic) bond motifs is 5. The molecule has 4 aromatic rings. The lowest BCUT2D eigenvalue weighted by atomic mass is 9.44. The van der Waals surface area contributed by atoms with Crippen LogP contribution in [0.5, 0.6) is 0 Å². The fourth-order valence-corrected chi connectivity index (χ4v) is 12.1. The summed E-state index contributed by atoms with van der Waals surface area (Å²) in [5, 5.41) is 41.4. The molecule has 0 spiro atoms. The molecule has 4 fully saturated rings. The number of rotatable bonds is 13. The number of ketones is 1. The summed E-state index contributed by atoms with van der Waals surface area (Å²) in [5.41, 5.74) is -7.28. The van der Waals surface area contributed by atoms with E-state index in [-0.39, 0.29) is 41.8 Å². The Kier molecular flexibility index (Phi) is 14.4. The van der Waals surface area contributed by atoms with Crippen LogP contribution in [0, 0.1) is 16.7 Å². The van der Waals surface area contributed by atoms with Gasteiger partial charge in [0.25, 0.3) is 5.91 Å². The number of Topliss-reactive ketones (excluding diaryl/α,β-unsaturated/α-hetero) is 1. The van der Waals surface area contributed by atoms with Crippen molar-refractivity contribution in [2.24, 2.45) is 16.7 Å². The van der Waals surface area contributed by atoms with Crippen molar-refractivity contribution in [3.63, 3.8) is 0 Å². The highest BCUT2D eigenvalue weighted by molar-refractivity contribution is 5.96.